The number of hydrogen-bond donors (Lipinski definition) is 4. The number of Topliss-reactive ketones (excluding diaryl/α,β-unsaturated/α-hetero) is 1. The van der Waals surface area contributed by atoms with Crippen LogP contribution in [-0.4, -0.2) is 61.8 Å². The van der Waals surface area contributed by atoms with Gasteiger partial charge in [-0.1, -0.05) is 0 Å². The Labute approximate surface area is 118 Å². The van der Waals surface area contributed by atoms with E-state index in [1.807, 2.05) is 0 Å². The minimum atomic E-state index is -2.72. The molecule has 0 aromatic heterocycles. The molecule has 0 bridgehead atoms. The Morgan fingerprint density at radius 2 is 1.90 bits per heavy atom. The predicted octanol–water partition coefficient (Wildman–Crippen LogP) is -1.42. The highest BCUT2D eigenvalue weighted by molar-refractivity contribution is 6.02. The van der Waals surface area contributed by atoms with Gasteiger partial charge in [-0.15, -0.1) is 0 Å². The summed E-state index contributed by atoms with van der Waals surface area (Å²) in [5.74, 6) is -3.79. The van der Waals surface area contributed by atoms with Crippen molar-refractivity contribution in [1.82, 2.24) is 0 Å². The van der Waals surface area contributed by atoms with Gasteiger partial charge >= 0.3 is 0 Å². The van der Waals surface area contributed by atoms with Gasteiger partial charge in [-0.3, -0.25) is 14.9 Å². The van der Waals surface area contributed by atoms with Crippen molar-refractivity contribution in [1.29, 1.82) is 0 Å². The molecule has 0 aliphatic carbocycles. The van der Waals surface area contributed by atoms with Crippen LogP contribution in [0.1, 0.15) is 10.4 Å². The summed E-state index contributed by atoms with van der Waals surface area (Å²) in [5.41, 5.74) is -0.396. The Bertz CT molecular complexity index is 559. The van der Waals surface area contributed by atoms with E-state index in [0.717, 1.165) is 24.3 Å². The van der Waals surface area contributed by atoms with Crippen LogP contribution in [0.2, 0.25) is 0 Å². The van der Waals surface area contributed by atoms with Gasteiger partial charge in [0.15, 0.2) is 0 Å². The van der Waals surface area contributed by atoms with Crippen molar-refractivity contribution < 1.29 is 34.9 Å². The van der Waals surface area contributed by atoms with E-state index in [1.54, 1.807) is 0 Å². The topological polar surface area (TPSA) is 150 Å². The van der Waals surface area contributed by atoms with E-state index in [0.29, 0.717) is 0 Å². The summed E-state index contributed by atoms with van der Waals surface area (Å²) in [5, 5.41) is 48.9. The largest absolute Gasteiger partial charge is 0.394 e. The lowest BCUT2D eigenvalue weighted by atomic mass is 9.96. The van der Waals surface area contributed by atoms with Crippen LogP contribution in [0, 0.1) is 10.1 Å². The summed E-state index contributed by atoms with van der Waals surface area (Å²) in [6.45, 7) is -0.700. The second kappa shape index (κ2) is 5.47. The standard InChI is InChI=1S/C12H13NO8/c14-5-8-9(15)11(17)12(18,21-8)10(16)6-1-3-7(4-2-6)13(19)20/h1-4,8-9,11,14-15,17-18H,5H2/t8-,9-,11-,12-/m1/s1. The highest BCUT2D eigenvalue weighted by Crippen LogP contribution is 2.32. The van der Waals surface area contributed by atoms with Crippen molar-refractivity contribution in [3.05, 3.63) is 39.9 Å². The predicted molar refractivity (Wildman–Crippen MR) is 66.3 cm³/mol. The number of rotatable bonds is 4. The SMILES string of the molecule is O=C(c1ccc([N+](=O)[O-])cc1)[C@@]1(O)O[C@H](CO)[C@@H](O)[C@H]1O. The van der Waals surface area contributed by atoms with Crippen LogP contribution in [0.5, 0.6) is 0 Å². The third-order valence-corrected chi connectivity index (χ3v) is 3.28. The Morgan fingerprint density at radius 3 is 2.33 bits per heavy atom. The van der Waals surface area contributed by atoms with Gasteiger partial charge in [0.2, 0.25) is 5.78 Å². The smallest absolute Gasteiger partial charge is 0.269 e. The second-order valence-electron chi connectivity index (χ2n) is 4.60. The third-order valence-electron chi connectivity index (χ3n) is 3.28. The molecule has 1 aromatic carbocycles. The fraction of sp³-hybridized carbons (Fsp3) is 0.417. The van der Waals surface area contributed by atoms with Gasteiger partial charge in [-0.05, 0) is 12.1 Å². The molecule has 0 unspecified atom stereocenters. The first kappa shape index (κ1) is 15.5. The maximum absolute atomic E-state index is 12.2. The molecule has 114 valence electrons. The summed E-state index contributed by atoms with van der Waals surface area (Å²) < 4.78 is 4.84. The van der Waals surface area contributed by atoms with Gasteiger partial charge in [0.1, 0.15) is 18.3 Å². The molecule has 0 amide bonds. The number of aliphatic hydroxyl groups is 4. The Hall–Kier alpha value is -1.91. The van der Waals surface area contributed by atoms with Crippen molar-refractivity contribution in [2.75, 3.05) is 6.61 Å². The molecule has 2 rings (SSSR count). The number of non-ortho nitro benzene ring substituents is 1. The van der Waals surface area contributed by atoms with Gasteiger partial charge in [-0.25, -0.2) is 0 Å². The molecule has 4 N–H and O–H groups in total. The molecule has 1 aliphatic heterocycles. The number of nitro groups is 1. The van der Waals surface area contributed by atoms with Gasteiger partial charge in [-0.2, -0.15) is 0 Å². The zero-order chi connectivity index (χ0) is 15.8. The molecule has 4 atom stereocenters. The van der Waals surface area contributed by atoms with E-state index in [1.165, 1.54) is 0 Å². The lowest BCUT2D eigenvalue weighted by Gasteiger charge is -2.24. The number of carbonyl (C=O) groups excluding carboxylic acids is 1. The number of nitrogens with zero attached hydrogens (tertiary/aromatic N) is 1. The summed E-state index contributed by atoms with van der Waals surface area (Å²) in [6, 6.07) is 4.29. The van der Waals surface area contributed by atoms with Crippen molar-refractivity contribution in [3.8, 4) is 0 Å². The van der Waals surface area contributed by atoms with Crippen LogP contribution in [0.25, 0.3) is 0 Å². The normalized spacial score (nSPS) is 32.1. The molecule has 1 saturated heterocycles. The van der Waals surface area contributed by atoms with Gasteiger partial charge in [0.05, 0.1) is 11.5 Å². The summed E-state index contributed by atoms with van der Waals surface area (Å²) in [4.78, 5) is 22.0. The fourth-order valence-electron chi connectivity index (χ4n) is 2.08. The number of ether oxygens (including phenoxy) is 1. The first-order valence-corrected chi connectivity index (χ1v) is 5.97. The van der Waals surface area contributed by atoms with Crippen LogP contribution in [0.3, 0.4) is 0 Å². The van der Waals surface area contributed by atoms with Crippen molar-refractivity contribution >= 4 is 11.5 Å². The van der Waals surface area contributed by atoms with Crippen molar-refractivity contribution in [2.24, 2.45) is 0 Å². The van der Waals surface area contributed by atoms with E-state index in [2.05, 4.69) is 0 Å². The molecule has 9 nitrogen and oxygen atoms in total. The molecule has 21 heavy (non-hydrogen) atoms. The first-order chi connectivity index (χ1) is 9.81. The van der Waals surface area contributed by atoms with E-state index >= 15 is 0 Å². The van der Waals surface area contributed by atoms with Gasteiger partial charge in [0.25, 0.3) is 11.5 Å². The first-order valence-electron chi connectivity index (χ1n) is 5.97. The minimum Gasteiger partial charge on any atom is -0.394 e. The molecule has 0 saturated carbocycles. The number of benzene rings is 1. The highest BCUT2D eigenvalue weighted by atomic mass is 16.7. The number of carbonyl (C=O) groups is 1. The van der Waals surface area contributed by atoms with Crippen LogP contribution in [-0.2, 0) is 4.74 Å². The molecule has 1 heterocycles. The minimum absolute atomic E-state index is 0.145. The number of nitro benzene ring substituents is 1. The van der Waals surface area contributed by atoms with Crippen molar-refractivity contribution in [3.63, 3.8) is 0 Å². The number of hydrogen-bond acceptors (Lipinski definition) is 8. The third kappa shape index (κ3) is 2.52. The lowest BCUT2D eigenvalue weighted by molar-refractivity contribution is -0.384. The second-order valence-corrected chi connectivity index (χ2v) is 4.60. The quantitative estimate of drug-likeness (QED) is 0.300. The maximum atomic E-state index is 12.2. The molecular formula is C12H13NO8. The molecule has 1 fully saturated rings. The van der Waals surface area contributed by atoms with E-state index in [9.17, 15) is 30.2 Å². The molecule has 0 spiro atoms. The monoisotopic (exact) mass is 299 g/mol. The number of ketones is 1. The zero-order valence-electron chi connectivity index (χ0n) is 10.6. The lowest BCUT2D eigenvalue weighted by Crippen LogP contribution is -2.49. The van der Waals surface area contributed by atoms with E-state index < -0.39 is 41.4 Å². The molecule has 9 heteroatoms. The Kier molecular flexibility index (Phi) is 4.03. The summed E-state index contributed by atoms with van der Waals surface area (Å²) in [7, 11) is 0. The average molecular weight is 299 g/mol. The summed E-state index contributed by atoms with van der Waals surface area (Å²) >= 11 is 0. The van der Waals surface area contributed by atoms with Gasteiger partial charge in [0, 0.05) is 17.7 Å². The molecular weight excluding hydrogens is 286 g/mol. The van der Waals surface area contributed by atoms with Crippen LogP contribution >= 0.6 is 0 Å². The van der Waals surface area contributed by atoms with Gasteiger partial charge < -0.3 is 25.2 Å². The fourth-order valence-corrected chi connectivity index (χ4v) is 2.08. The van der Waals surface area contributed by atoms with Crippen LogP contribution in [0.4, 0.5) is 5.69 Å². The zero-order valence-corrected chi connectivity index (χ0v) is 10.6. The van der Waals surface area contributed by atoms with Crippen LogP contribution < -0.4 is 0 Å². The highest BCUT2D eigenvalue weighted by Gasteiger charge is 2.57. The van der Waals surface area contributed by atoms with E-state index in [-0.39, 0.29) is 11.3 Å². The Morgan fingerprint density at radius 1 is 1.33 bits per heavy atom. The summed E-state index contributed by atoms with van der Waals surface area (Å²) in [6.07, 6.45) is -4.90. The molecule has 1 aromatic rings. The van der Waals surface area contributed by atoms with E-state index in [4.69, 9.17) is 9.84 Å². The Balaban J connectivity index is 2.28. The van der Waals surface area contributed by atoms with Crippen LogP contribution in [0.15, 0.2) is 24.3 Å². The maximum Gasteiger partial charge on any atom is 0.269 e. The van der Waals surface area contributed by atoms with Crippen molar-refractivity contribution in [2.45, 2.75) is 24.1 Å². The number of aliphatic hydroxyl groups excluding tert-OH is 3. The molecule has 1 aliphatic rings. The molecule has 0 radical (unpaired) electrons. The average Bonchev–Trinajstić information content (AvgIpc) is 2.71.